The standard InChI is InChI=1S/C34H51NO6S/c1-5-26-30-19-25(40-21-36)13-16-34(30,4)29-14-17-33(3)27(11-12-28(33)31(29)32(26)41-22-37)23(2)15-18-35-42(38,39)20-24-9-7-6-8-10-24/h6-10,21-23,25-32,35H,5,11-20H2,1-4H3/t23-,25-,26-,27?,28+,29+,30?,31?,32-,33?,34+/m1/s1. The van der Waals surface area contributed by atoms with Gasteiger partial charge in [0.1, 0.15) is 12.2 Å². The molecule has 1 N–H and O–H groups in total. The van der Waals surface area contributed by atoms with Crippen LogP contribution in [0.3, 0.4) is 0 Å². The van der Waals surface area contributed by atoms with Crippen molar-refractivity contribution in [3.05, 3.63) is 35.9 Å². The van der Waals surface area contributed by atoms with E-state index in [2.05, 4.69) is 32.4 Å². The lowest BCUT2D eigenvalue weighted by atomic mass is 9.41. The Morgan fingerprint density at radius 2 is 1.64 bits per heavy atom. The van der Waals surface area contributed by atoms with Crippen LogP contribution in [0.2, 0.25) is 0 Å². The minimum Gasteiger partial charge on any atom is -0.465 e. The minimum absolute atomic E-state index is 0.00695. The topological polar surface area (TPSA) is 98.8 Å². The van der Waals surface area contributed by atoms with E-state index in [1.54, 1.807) is 0 Å². The lowest BCUT2D eigenvalue weighted by molar-refractivity contribution is -0.213. The lowest BCUT2D eigenvalue weighted by Crippen LogP contribution is -2.62. The Bertz CT molecular complexity index is 1190. The Kier molecular flexibility index (Phi) is 9.44. The van der Waals surface area contributed by atoms with Gasteiger partial charge in [-0.15, -0.1) is 0 Å². The maximum absolute atomic E-state index is 12.7. The first-order valence-corrected chi connectivity index (χ1v) is 17.9. The van der Waals surface area contributed by atoms with Gasteiger partial charge in [-0.05, 0) is 110 Å². The van der Waals surface area contributed by atoms with Gasteiger partial charge >= 0.3 is 0 Å². The molecule has 0 radical (unpaired) electrons. The number of ether oxygens (including phenoxy) is 2. The summed E-state index contributed by atoms with van der Waals surface area (Å²) >= 11 is 0. The molecule has 0 spiro atoms. The first-order valence-electron chi connectivity index (χ1n) is 16.3. The van der Waals surface area contributed by atoms with Gasteiger partial charge in [-0.3, -0.25) is 9.59 Å². The molecule has 0 aromatic heterocycles. The van der Waals surface area contributed by atoms with Gasteiger partial charge in [-0.2, -0.15) is 0 Å². The predicted octanol–water partition coefficient (Wildman–Crippen LogP) is 6.12. The van der Waals surface area contributed by atoms with Crippen LogP contribution in [0.5, 0.6) is 0 Å². The summed E-state index contributed by atoms with van der Waals surface area (Å²) < 4.78 is 39.9. The molecule has 4 unspecified atom stereocenters. The van der Waals surface area contributed by atoms with Crippen molar-refractivity contribution in [3.8, 4) is 0 Å². The highest BCUT2D eigenvalue weighted by atomic mass is 32.2. The summed E-state index contributed by atoms with van der Waals surface area (Å²) in [5, 5.41) is 0. The molecule has 0 amide bonds. The van der Waals surface area contributed by atoms with E-state index in [0.717, 1.165) is 63.4 Å². The normalized spacial score (nSPS) is 40.2. The van der Waals surface area contributed by atoms with Gasteiger partial charge in [0.2, 0.25) is 10.0 Å². The number of benzene rings is 1. The van der Waals surface area contributed by atoms with Crippen LogP contribution in [0, 0.1) is 52.3 Å². The van der Waals surface area contributed by atoms with Gasteiger partial charge in [-0.25, -0.2) is 13.1 Å². The minimum atomic E-state index is -3.38. The summed E-state index contributed by atoms with van der Waals surface area (Å²) in [5.41, 5.74) is 1.10. The molecule has 8 heteroatoms. The molecular weight excluding hydrogens is 550 g/mol. The molecule has 11 atom stereocenters. The first kappa shape index (κ1) is 31.5. The predicted molar refractivity (Wildman–Crippen MR) is 162 cm³/mol. The fourth-order valence-corrected chi connectivity index (χ4v) is 12.0. The molecule has 4 aliphatic carbocycles. The van der Waals surface area contributed by atoms with Gasteiger partial charge in [0.05, 0.1) is 5.75 Å². The zero-order valence-corrected chi connectivity index (χ0v) is 26.7. The van der Waals surface area contributed by atoms with E-state index >= 15 is 0 Å². The van der Waals surface area contributed by atoms with Crippen LogP contribution in [0.15, 0.2) is 30.3 Å². The molecule has 0 aliphatic heterocycles. The molecule has 0 bridgehead atoms. The van der Waals surface area contributed by atoms with Gasteiger partial charge < -0.3 is 9.47 Å². The number of hydrogen-bond donors (Lipinski definition) is 1. The van der Waals surface area contributed by atoms with E-state index in [1.807, 2.05) is 30.3 Å². The van der Waals surface area contributed by atoms with Gasteiger partial charge in [-0.1, -0.05) is 58.0 Å². The summed E-state index contributed by atoms with van der Waals surface area (Å²) in [6.07, 6.45) is 9.01. The highest BCUT2D eigenvalue weighted by Gasteiger charge is 2.66. The van der Waals surface area contributed by atoms with Crippen LogP contribution in [0.1, 0.15) is 91.0 Å². The van der Waals surface area contributed by atoms with Crippen LogP contribution in [-0.4, -0.2) is 40.1 Å². The Balaban J connectivity index is 1.30. The molecule has 1 aromatic rings. The maximum Gasteiger partial charge on any atom is 0.293 e. The van der Waals surface area contributed by atoms with Gasteiger partial charge in [0.25, 0.3) is 12.9 Å². The monoisotopic (exact) mass is 601 g/mol. The van der Waals surface area contributed by atoms with Crippen molar-refractivity contribution in [2.24, 2.45) is 52.3 Å². The van der Waals surface area contributed by atoms with Crippen molar-refractivity contribution >= 4 is 23.0 Å². The van der Waals surface area contributed by atoms with E-state index in [1.165, 1.54) is 0 Å². The van der Waals surface area contributed by atoms with Gasteiger partial charge in [0, 0.05) is 12.5 Å². The zero-order valence-electron chi connectivity index (χ0n) is 25.9. The SMILES string of the molecule is CC[C@@H]1C2C[C@H](OC=O)CC[C@@]2(C)[C@H]2CCC3(C)C([C@H](C)CCNS(=O)(=O)Cc4ccccc4)CC[C@H]3C2[C@@H]1OC=O. The second-order valence-corrected chi connectivity index (χ2v) is 16.2. The van der Waals surface area contributed by atoms with Crippen LogP contribution in [-0.2, 0) is 34.8 Å². The van der Waals surface area contributed by atoms with Crippen molar-refractivity contribution in [1.82, 2.24) is 4.72 Å². The summed E-state index contributed by atoms with van der Waals surface area (Å²) in [4.78, 5) is 23.1. The third-order valence-corrected chi connectivity index (χ3v) is 14.0. The number of hydrogen-bond acceptors (Lipinski definition) is 6. The second kappa shape index (κ2) is 12.6. The molecule has 4 fully saturated rings. The highest BCUT2D eigenvalue weighted by Crippen LogP contribution is 2.70. The Morgan fingerprint density at radius 3 is 2.33 bits per heavy atom. The van der Waals surface area contributed by atoms with Crippen molar-refractivity contribution in [1.29, 1.82) is 0 Å². The van der Waals surface area contributed by atoms with Crippen LogP contribution in [0.25, 0.3) is 0 Å². The van der Waals surface area contributed by atoms with Crippen molar-refractivity contribution in [2.75, 3.05) is 6.54 Å². The largest absolute Gasteiger partial charge is 0.465 e. The van der Waals surface area contributed by atoms with E-state index in [-0.39, 0.29) is 34.7 Å². The second-order valence-electron chi connectivity index (χ2n) is 14.4. The van der Waals surface area contributed by atoms with E-state index < -0.39 is 10.0 Å². The summed E-state index contributed by atoms with van der Waals surface area (Å²) in [7, 11) is -3.38. The Hall–Kier alpha value is -1.93. The summed E-state index contributed by atoms with van der Waals surface area (Å²) in [5.74, 6) is 2.86. The number of carbonyl (C=O) groups excluding carboxylic acids is 2. The Morgan fingerprint density at radius 1 is 0.952 bits per heavy atom. The summed E-state index contributed by atoms with van der Waals surface area (Å²) in [6.45, 7) is 11.2. The average Bonchev–Trinajstić information content (AvgIpc) is 3.31. The fourth-order valence-electron chi connectivity index (χ4n) is 10.8. The zero-order chi connectivity index (χ0) is 30.1. The highest BCUT2D eigenvalue weighted by molar-refractivity contribution is 7.88. The van der Waals surface area contributed by atoms with E-state index in [9.17, 15) is 18.0 Å². The quantitative estimate of drug-likeness (QED) is 0.290. The van der Waals surface area contributed by atoms with Crippen molar-refractivity contribution in [2.45, 2.75) is 103 Å². The first-order chi connectivity index (χ1) is 20.1. The molecule has 234 valence electrons. The van der Waals surface area contributed by atoms with E-state index in [0.29, 0.717) is 55.0 Å². The van der Waals surface area contributed by atoms with Crippen LogP contribution < -0.4 is 4.72 Å². The molecule has 0 heterocycles. The number of carbonyl (C=O) groups is 2. The van der Waals surface area contributed by atoms with Crippen LogP contribution in [0.4, 0.5) is 0 Å². The molecule has 1 aromatic carbocycles. The number of sulfonamides is 1. The Labute approximate surface area is 252 Å². The average molecular weight is 602 g/mol. The van der Waals surface area contributed by atoms with Crippen molar-refractivity contribution < 1.29 is 27.5 Å². The summed E-state index contributed by atoms with van der Waals surface area (Å²) in [6, 6.07) is 9.33. The molecule has 7 nitrogen and oxygen atoms in total. The molecule has 42 heavy (non-hydrogen) atoms. The van der Waals surface area contributed by atoms with Gasteiger partial charge in [0.15, 0.2) is 0 Å². The molecular formula is C34H51NO6S. The number of fused-ring (bicyclic) bond motifs is 5. The molecule has 0 saturated heterocycles. The third kappa shape index (κ3) is 5.79. The maximum atomic E-state index is 12.7. The van der Waals surface area contributed by atoms with E-state index in [4.69, 9.17) is 9.47 Å². The number of nitrogens with one attached hydrogen (secondary N) is 1. The van der Waals surface area contributed by atoms with Crippen LogP contribution >= 0.6 is 0 Å². The number of rotatable bonds is 12. The van der Waals surface area contributed by atoms with Crippen molar-refractivity contribution in [3.63, 3.8) is 0 Å². The molecule has 5 rings (SSSR count). The molecule has 4 aliphatic rings. The fraction of sp³-hybridized carbons (Fsp3) is 0.765. The molecule has 4 saturated carbocycles. The third-order valence-electron chi connectivity index (χ3n) is 12.7. The smallest absolute Gasteiger partial charge is 0.293 e. The lowest BCUT2D eigenvalue weighted by Gasteiger charge is -2.65.